The Labute approximate surface area is 195 Å². The van der Waals surface area contributed by atoms with Crippen LogP contribution in [0.25, 0.3) is 0 Å². The number of rotatable bonds is 11. The Kier molecular flexibility index (Phi) is 8.63. The van der Waals surface area contributed by atoms with Crippen LogP contribution in [0.3, 0.4) is 0 Å². The molecule has 0 saturated carbocycles. The molecule has 7 heteroatoms. The predicted octanol–water partition coefficient (Wildman–Crippen LogP) is 4.50. The summed E-state index contributed by atoms with van der Waals surface area (Å²) in [5.74, 6) is -0.0277. The quantitative estimate of drug-likeness (QED) is 0.330. The Hall–Kier alpha value is -3.16. The van der Waals surface area contributed by atoms with Gasteiger partial charge in [-0.3, -0.25) is 4.79 Å². The summed E-state index contributed by atoms with van der Waals surface area (Å²) >= 11 is 0. The number of carbonyl (C=O) groups excluding carboxylic acids is 1. The van der Waals surface area contributed by atoms with Gasteiger partial charge in [0.15, 0.2) is 0 Å². The van der Waals surface area contributed by atoms with Crippen LogP contribution in [0, 0.1) is 0 Å². The molecule has 0 heterocycles. The van der Waals surface area contributed by atoms with Crippen molar-refractivity contribution in [1.82, 2.24) is 5.32 Å². The van der Waals surface area contributed by atoms with Crippen LogP contribution in [-0.4, -0.2) is 26.5 Å². The van der Waals surface area contributed by atoms with E-state index >= 15 is 0 Å². The van der Waals surface area contributed by atoms with E-state index in [1.165, 1.54) is 12.1 Å². The van der Waals surface area contributed by atoms with Gasteiger partial charge in [-0.1, -0.05) is 60.7 Å². The molecular weight excluding hydrogens is 438 g/mol. The third-order valence-electron chi connectivity index (χ3n) is 4.86. The highest BCUT2D eigenvalue weighted by molar-refractivity contribution is 7.87. The molecule has 33 heavy (non-hydrogen) atoms. The first kappa shape index (κ1) is 24.5. The normalized spacial score (nSPS) is 12.3. The van der Waals surface area contributed by atoms with Gasteiger partial charge in [-0.15, -0.1) is 0 Å². The van der Waals surface area contributed by atoms with Gasteiger partial charge in [0, 0.05) is 12.6 Å². The van der Waals surface area contributed by atoms with Crippen LogP contribution in [-0.2, 0) is 32.6 Å². The molecule has 0 aliphatic heterocycles. The minimum atomic E-state index is -3.89. The third-order valence-corrected chi connectivity index (χ3v) is 6.12. The predicted molar refractivity (Wildman–Crippen MR) is 127 cm³/mol. The van der Waals surface area contributed by atoms with Gasteiger partial charge in [-0.25, -0.2) is 0 Å². The highest BCUT2D eigenvalue weighted by atomic mass is 32.2. The number of hydrogen-bond acceptors (Lipinski definition) is 6. The second-order valence-corrected chi connectivity index (χ2v) is 9.55. The molecule has 174 valence electrons. The molecule has 0 aromatic heterocycles. The summed E-state index contributed by atoms with van der Waals surface area (Å²) in [6, 6.07) is 24.7. The van der Waals surface area contributed by atoms with Crippen LogP contribution in [0.5, 0.6) is 5.75 Å². The molecule has 6 nitrogen and oxygen atoms in total. The maximum atomic E-state index is 12.4. The van der Waals surface area contributed by atoms with Crippen molar-refractivity contribution in [2.24, 2.45) is 0 Å². The molecule has 1 atom stereocenters. The minimum Gasteiger partial charge on any atom is -0.463 e. The van der Waals surface area contributed by atoms with Crippen LogP contribution < -0.4 is 9.50 Å². The molecule has 1 unspecified atom stereocenters. The van der Waals surface area contributed by atoms with Gasteiger partial charge in [0.05, 0.1) is 12.5 Å². The van der Waals surface area contributed by atoms with E-state index in [2.05, 4.69) is 5.32 Å². The first-order valence-electron chi connectivity index (χ1n) is 10.9. The lowest BCUT2D eigenvalue weighted by atomic mass is 10.0. The first-order valence-corrected chi connectivity index (χ1v) is 12.3. The third kappa shape index (κ3) is 8.04. The SMILES string of the molecule is CC(C)OC(=O)CC(Cc1ccc(OS(=O)(=O)c2ccccc2)cc1)NCc1ccccc1. The van der Waals surface area contributed by atoms with Crippen molar-refractivity contribution in [3.63, 3.8) is 0 Å². The van der Waals surface area contributed by atoms with E-state index in [0.717, 1.165) is 11.1 Å². The molecule has 0 fully saturated rings. The van der Waals surface area contributed by atoms with Crippen LogP contribution in [0.15, 0.2) is 89.8 Å². The average Bonchev–Trinajstić information content (AvgIpc) is 2.79. The average molecular weight is 468 g/mol. The lowest BCUT2D eigenvalue weighted by Gasteiger charge is -2.19. The van der Waals surface area contributed by atoms with E-state index in [1.807, 2.05) is 44.2 Å². The van der Waals surface area contributed by atoms with Crippen molar-refractivity contribution < 1.29 is 22.1 Å². The molecule has 0 amide bonds. The van der Waals surface area contributed by atoms with E-state index in [1.54, 1.807) is 42.5 Å². The van der Waals surface area contributed by atoms with Crippen LogP contribution >= 0.6 is 0 Å². The van der Waals surface area contributed by atoms with Gasteiger partial charge in [0.25, 0.3) is 0 Å². The van der Waals surface area contributed by atoms with E-state index in [-0.39, 0.29) is 35.2 Å². The zero-order chi connectivity index (χ0) is 23.7. The van der Waals surface area contributed by atoms with E-state index in [9.17, 15) is 13.2 Å². The second-order valence-electron chi connectivity index (χ2n) is 8.00. The second kappa shape index (κ2) is 11.6. The Morgan fingerprint density at radius 2 is 1.45 bits per heavy atom. The first-order chi connectivity index (χ1) is 15.8. The number of nitrogens with one attached hydrogen (secondary N) is 1. The molecule has 3 aromatic rings. The van der Waals surface area contributed by atoms with Crippen molar-refractivity contribution in [1.29, 1.82) is 0 Å². The van der Waals surface area contributed by atoms with Crippen LogP contribution in [0.1, 0.15) is 31.4 Å². The van der Waals surface area contributed by atoms with E-state index in [0.29, 0.717) is 13.0 Å². The standard InChI is InChI=1S/C26H29NO5S/c1-20(2)31-26(28)18-23(27-19-22-9-5-3-6-10-22)17-21-13-15-24(16-14-21)32-33(29,30)25-11-7-4-8-12-25/h3-16,20,23,27H,17-19H2,1-2H3. The molecule has 0 bridgehead atoms. The Morgan fingerprint density at radius 3 is 2.06 bits per heavy atom. The monoisotopic (exact) mass is 467 g/mol. The number of esters is 1. The fourth-order valence-corrected chi connectivity index (χ4v) is 4.27. The lowest BCUT2D eigenvalue weighted by Crippen LogP contribution is -2.34. The van der Waals surface area contributed by atoms with Crippen molar-refractivity contribution in [3.8, 4) is 5.75 Å². The van der Waals surface area contributed by atoms with Gasteiger partial charge in [-0.2, -0.15) is 8.42 Å². The van der Waals surface area contributed by atoms with Gasteiger partial charge in [0.2, 0.25) is 0 Å². The number of hydrogen-bond donors (Lipinski definition) is 1. The summed E-state index contributed by atoms with van der Waals surface area (Å²) in [7, 11) is -3.89. The number of benzene rings is 3. The zero-order valence-electron chi connectivity index (χ0n) is 18.8. The zero-order valence-corrected chi connectivity index (χ0v) is 19.6. The Balaban J connectivity index is 1.66. The fourth-order valence-electron chi connectivity index (χ4n) is 3.31. The molecule has 0 spiro atoms. The van der Waals surface area contributed by atoms with Gasteiger partial charge in [0.1, 0.15) is 10.6 Å². The largest absolute Gasteiger partial charge is 0.463 e. The maximum absolute atomic E-state index is 12.4. The fraction of sp³-hybridized carbons (Fsp3) is 0.269. The highest BCUT2D eigenvalue weighted by Gasteiger charge is 2.18. The summed E-state index contributed by atoms with van der Waals surface area (Å²) in [6.07, 6.45) is 0.632. The van der Waals surface area contributed by atoms with Gasteiger partial charge < -0.3 is 14.2 Å². The minimum absolute atomic E-state index is 0.0999. The molecule has 0 radical (unpaired) electrons. The molecule has 0 aliphatic carbocycles. The molecule has 0 saturated heterocycles. The molecule has 0 aliphatic rings. The van der Waals surface area contributed by atoms with E-state index < -0.39 is 10.1 Å². The molecular formula is C26H29NO5S. The van der Waals surface area contributed by atoms with Crippen molar-refractivity contribution >= 4 is 16.1 Å². The summed E-state index contributed by atoms with van der Waals surface area (Å²) in [4.78, 5) is 12.4. The molecule has 3 aromatic carbocycles. The maximum Gasteiger partial charge on any atom is 0.339 e. The number of ether oxygens (including phenoxy) is 1. The van der Waals surface area contributed by atoms with Gasteiger partial charge >= 0.3 is 16.1 Å². The van der Waals surface area contributed by atoms with Crippen molar-refractivity contribution in [3.05, 3.63) is 96.1 Å². The summed E-state index contributed by atoms with van der Waals surface area (Å²) in [5.41, 5.74) is 2.07. The van der Waals surface area contributed by atoms with Crippen LogP contribution in [0.2, 0.25) is 0 Å². The Bertz CT molecular complexity index is 1110. The summed E-state index contributed by atoms with van der Waals surface area (Å²) in [6.45, 7) is 4.27. The van der Waals surface area contributed by atoms with Gasteiger partial charge in [-0.05, 0) is 55.7 Å². The Morgan fingerprint density at radius 1 is 0.848 bits per heavy atom. The van der Waals surface area contributed by atoms with Crippen molar-refractivity contribution in [2.45, 2.75) is 50.3 Å². The molecule has 3 rings (SSSR count). The topological polar surface area (TPSA) is 81.7 Å². The van der Waals surface area contributed by atoms with Crippen molar-refractivity contribution in [2.75, 3.05) is 0 Å². The number of carbonyl (C=O) groups is 1. The molecule has 1 N–H and O–H groups in total. The summed E-state index contributed by atoms with van der Waals surface area (Å²) in [5, 5.41) is 3.44. The van der Waals surface area contributed by atoms with E-state index in [4.69, 9.17) is 8.92 Å². The summed E-state index contributed by atoms with van der Waals surface area (Å²) < 4.78 is 35.4. The lowest BCUT2D eigenvalue weighted by molar-refractivity contribution is -0.148. The highest BCUT2D eigenvalue weighted by Crippen LogP contribution is 2.20. The smallest absolute Gasteiger partial charge is 0.339 e. The van der Waals surface area contributed by atoms with Crippen LogP contribution in [0.4, 0.5) is 0 Å².